The number of fused-ring (bicyclic) bond motifs is 1. The second-order valence-corrected chi connectivity index (χ2v) is 5.44. The lowest BCUT2D eigenvalue weighted by Crippen LogP contribution is -2.12. The summed E-state index contributed by atoms with van der Waals surface area (Å²) in [7, 11) is 0. The lowest BCUT2D eigenvalue weighted by molar-refractivity contribution is -0.118. The van der Waals surface area contributed by atoms with Crippen molar-refractivity contribution >= 4 is 18.4 Å². The van der Waals surface area contributed by atoms with Gasteiger partial charge in [0.15, 0.2) is 5.78 Å². The van der Waals surface area contributed by atoms with Crippen molar-refractivity contribution < 1.29 is 9.53 Å². The predicted octanol–water partition coefficient (Wildman–Crippen LogP) is 5.28. The van der Waals surface area contributed by atoms with Crippen LogP contribution in [0.5, 0.6) is 5.75 Å². The largest absolute Gasteiger partial charge is 0.486 e. The van der Waals surface area contributed by atoms with Gasteiger partial charge in [-0.25, -0.2) is 0 Å². The van der Waals surface area contributed by atoms with Gasteiger partial charge in [-0.2, -0.15) is 12.6 Å². The predicted molar refractivity (Wildman–Crippen MR) is 99.4 cm³/mol. The molecular formula is C19H32O2S. The number of carbonyl (C=O) groups is 1. The summed E-state index contributed by atoms with van der Waals surface area (Å²) in [6.07, 6.45) is 7.48. The fraction of sp³-hybridized carbons (Fsp3) is 0.632. The van der Waals surface area contributed by atoms with Crippen LogP contribution in [0.1, 0.15) is 64.5 Å². The van der Waals surface area contributed by atoms with Crippen molar-refractivity contribution in [3.8, 4) is 5.75 Å². The number of aryl methyl sites for hydroxylation is 2. The molecule has 0 saturated carbocycles. The van der Waals surface area contributed by atoms with Crippen molar-refractivity contribution in [1.82, 2.24) is 0 Å². The van der Waals surface area contributed by atoms with Crippen molar-refractivity contribution in [3.05, 3.63) is 29.3 Å². The lowest BCUT2D eigenvalue weighted by Gasteiger charge is -2.16. The molecule has 0 spiro atoms. The van der Waals surface area contributed by atoms with E-state index in [0.29, 0.717) is 0 Å². The van der Waals surface area contributed by atoms with E-state index in [0.717, 1.165) is 12.2 Å². The van der Waals surface area contributed by atoms with E-state index in [1.807, 2.05) is 19.9 Å². The van der Waals surface area contributed by atoms with E-state index in [4.69, 9.17) is 4.74 Å². The Hall–Kier alpha value is -0.960. The summed E-state index contributed by atoms with van der Waals surface area (Å²) in [4.78, 5) is 11.1. The van der Waals surface area contributed by atoms with E-state index < -0.39 is 0 Å². The van der Waals surface area contributed by atoms with Crippen LogP contribution in [0.4, 0.5) is 0 Å². The number of unbranched alkanes of at least 4 members (excludes halogenated alkanes) is 1. The van der Waals surface area contributed by atoms with Crippen LogP contribution in [0.2, 0.25) is 0 Å². The Morgan fingerprint density at radius 3 is 2.23 bits per heavy atom. The first-order chi connectivity index (χ1) is 10.7. The van der Waals surface area contributed by atoms with E-state index in [1.54, 1.807) is 0 Å². The van der Waals surface area contributed by atoms with E-state index >= 15 is 0 Å². The standard InChI is InChI=1S/C13H16O2S.C4H10.C2H6/c14-12(9-16)8-15-13-6-5-10-3-1-2-4-11(10)7-13;1-3-4-2;1-2/h5-7,16H,1-4,8-9H2;3-4H2,1-2H3;1-2H3. The van der Waals surface area contributed by atoms with Crippen molar-refractivity contribution in [2.45, 2.75) is 66.2 Å². The summed E-state index contributed by atoms with van der Waals surface area (Å²) in [5, 5.41) is 0. The molecule has 0 aliphatic heterocycles. The van der Waals surface area contributed by atoms with Crippen LogP contribution in [0.3, 0.4) is 0 Å². The maximum absolute atomic E-state index is 11.1. The second-order valence-electron chi connectivity index (χ2n) is 5.12. The van der Waals surface area contributed by atoms with Gasteiger partial charge < -0.3 is 4.74 Å². The van der Waals surface area contributed by atoms with Gasteiger partial charge in [-0.3, -0.25) is 4.79 Å². The molecule has 0 saturated heterocycles. The number of Topliss-reactive ketones (excluding diaryl/α,β-unsaturated/α-hetero) is 1. The second kappa shape index (κ2) is 13.7. The molecule has 1 aliphatic rings. The van der Waals surface area contributed by atoms with Gasteiger partial charge in [-0.15, -0.1) is 0 Å². The molecule has 0 heterocycles. The highest BCUT2D eigenvalue weighted by Gasteiger charge is 2.10. The van der Waals surface area contributed by atoms with Crippen molar-refractivity contribution in [1.29, 1.82) is 0 Å². The first-order valence-electron chi connectivity index (χ1n) is 8.58. The number of hydrogen-bond acceptors (Lipinski definition) is 3. The molecule has 126 valence electrons. The number of thiol groups is 1. The van der Waals surface area contributed by atoms with E-state index in [-0.39, 0.29) is 18.1 Å². The van der Waals surface area contributed by atoms with Crippen LogP contribution in [-0.2, 0) is 17.6 Å². The molecule has 22 heavy (non-hydrogen) atoms. The smallest absolute Gasteiger partial charge is 0.179 e. The number of rotatable bonds is 5. The Labute approximate surface area is 142 Å². The van der Waals surface area contributed by atoms with E-state index in [2.05, 4.69) is 38.6 Å². The highest BCUT2D eigenvalue weighted by atomic mass is 32.1. The van der Waals surface area contributed by atoms with Crippen LogP contribution in [-0.4, -0.2) is 18.1 Å². The topological polar surface area (TPSA) is 26.3 Å². The minimum Gasteiger partial charge on any atom is -0.486 e. The number of hydrogen-bond donors (Lipinski definition) is 1. The number of carbonyl (C=O) groups excluding carboxylic acids is 1. The Morgan fingerprint density at radius 1 is 1.09 bits per heavy atom. The minimum absolute atomic E-state index is 0.0149. The SMILES string of the molecule is CC.CCCC.O=C(CS)COc1ccc2c(c1)CCCC2. The monoisotopic (exact) mass is 324 g/mol. The Balaban J connectivity index is 0.000000640. The van der Waals surface area contributed by atoms with Gasteiger partial charge in [-0.05, 0) is 48.9 Å². The molecule has 0 aromatic heterocycles. The molecule has 0 unspecified atom stereocenters. The zero-order valence-corrected chi connectivity index (χ0v) is 15.5. The molecule has 3 heteroatoms. The highest BCUT2D eigenvalue weighted by Crippen LogP contribution is 2.25. The average molecular weight is 325 g/mol. The molecule has 1 aromatic rings. The molecule has 0 atom stereocenters. The molecule has 0 amide bonds. The average Bonchev–Trinajstić information content (AvgIpc) is 2.61. The van der Waals surface area contributed by atoms with Gasteiger partial charge in [0.1, 0.15) is 12.4 Å². The van der Waals surface area contributed by atoms with Gasteiger partial charge >= 0.3 is 0 Å². The normalized spacial score (nSPS) is 12.0. The zero-order valence-electron chi connectivity index (χ0n) is 14.7. The fourth-order valence-electron chi connectivity index (χ4n) is 2.01. The molecule has 0 bridgehead atoms. The third kappa shape index (κ3) is 8.47. The van der Waals surface area contributed by atoms with Crippen LogP contribution >= 0.6 is 12.6 Å². The van der Waals surface area contributed by atoms with Gasteiger partial charge in [0.25, 0.3) is 0 Å². The van der Waals surface area contributed by atoms with Crippen LogP contribution in [0.15, 0.2) is 18.2 Å². The summed E-state index contributed by atoms with van der Waals surface area (Å²) in [5.74, 6) is 1.06. The van der Waals surface area contributed by atoms with Crippen LogP contribution in [0.25, 0.3) is 0 Å². The number of benzene rings is 1. The maximum Gasteiger partial charge on any atom is 0.179 e. The Bertz CT molecular complexity index is 414. The Morgan fingerprint density at radius 2 is 1.68 bits per heavy atom. The maximum atomic E-state index is 11.1. The summed E-state index contributed by atoms with van der Waals surface area (Å²) < 4.78 is 5.43. The quantitative estimate of drug-likeness (QED) is 0.746. The van der Waals surface area contributed by atoms with E-state index in [1.165, 1.54) is 43.2 Å². The third-order valence-electron chi connectivity index (χ3n) is 3.40. The molecule has 0 fully saturated rings. The lowest BCUT2D eigenvalue weighted by atomic mass is 9.92. The molecule has 2 nitrogen and oxygen atoms in total. The fourth-order valence-corrected chi connectivity index (χ4v) is 2.10. The first kappa shape index (κ1) is 21.0. The number of ether oxygens (including phenoxy) is 1. The minimum atomic E-state index is 0.0149. The van der Waals surface area contributed by atoms with Gasteiger partial charge in [-0.1, -0.05) is 46.6 Å². The van der Waals surface area contributed by atoms with Crippen LogP contribution in [0, 0.1) is 0 Å². The summed E-state index contributed by atoms with van der Waals surface area (Å²) >= 11 is 3.91. The summed E-state index contributed by atoms with van der Waals surface area (Å²) in [5.41, 5.74) is 2.81. The summed E-state index contributed by atoms with van der Waals surface area (Å²) in [6, 6.07) is 6.14. The first-order valence-corrected chi connectivity index (χ1v) is 9.21. The van der Waals surface area contributed by atoms with Crippen LogP contribution < -0.4 is 4.74 Å². The molecule has 1 aromatic carbocycles. The van der Waals surface area contributed by atoms with Crippen molar-refractivity contribution in [2.24, 2.45) is 0 Å². The molecule has 0 radical (unpaired) electrons. The van der Waals surface area contributed by atoms with Crippen molar-refractivity contribution in [3.63, 3.8) is 0 Å². The molecule has 1 aliphatic carbocycles. The number of ketones is 1. The van der Waals surface area contributed by atoms with E-state index in [9.17, 15) is 4.79 Å². The summed E-state index contributed by atoms with van der Waals surface area (Å²) in [6.45, 7) is 8.49. The van der Waals surface area contributed by atoms with Gasteiger partial charge in [0.05, 0.1) is 5.75 Å². The van der Waals surface area contributed by atoms with Gasteiger partial charge in [0, 0.05) is 0 Å². The molecule has 2 rings (SSSR count). The Kier molecular flexibility index (Phi) is 13.1. The van der Waals surface area contributed by atoms with Crippen molar-refractivity contribution in [2.75, 3.05) is 12.4 Å². The zero-order chi connectivity index (χ0) is 16.8. The molecule has 0 N–H and O–H groups in total. The highest BCUT2D eigenvalue weighted by molar-refractivity contribution is 7.81. The molecular weight excluding hydrogens is 292 g/mol. The van der Waals surface area contributed by atoms with Gasteiger partial charge in [0.2, 0.25) is 0 Å². The third-order valence-corrected chi connectivity index (χ3v) is 3.75.